The van der Waals surface area contributed by atoms with E-state index in [9.17, 15) is 14.0 Å². The van der Waals surface area contributed by atoms with Gasteiger partial charge in [0.1, 0.15) is 5.82 Å². The lowest BCUT2D eigenvalue weighted by atomic mass is 10.1. The minimum atomic E-state index is -0.464. The summed E-state index contributed by atoms with van der Waals surface area (Å²) in [6, 6.07) is 10.7. The number of rotatable bonds is 3. The molecule has 0 unspecified atom stereocenters. The summed E-state index contributed by atoms with van der Waals surface area (Å²) in [5, 5.41) is 7.73. The first-order valence-corrected chi connectivity index (χ1v) is 7.55. The molecule has 3 rings (SSSR count). The lowest BCUT2D eigenvalue weighted by Crippen LogP contribution is -2.29. The van der Waals surface area contributed by atoms with Crippen LogP contribution in [0.3, 0.4) is 0 Å². The Morgan fingerprint density at radius 3 is 2.62 bits per heavy atom. The molecule has 122 valence electrons. The number of nitrogens with zero attached hydrogens (tertiary/aromatic N) is 2. The van der Waals surface area contributed by atoms with Crippen molar-refractivity contribution < 1.29 is 9.18 Å². The highest BCUT2D eigenvalue weighted by Gasteiger charge is 2.16. The number of halogens is 2. The van der Waals surface area contributed by atoms with E-state index < -0.39 is 11.7 Å². The molecule has 0 saturated carbocycles. The molecule has 24 heavy (non-hydrogen) atoms. The summed E-state index contributed by atoms with van der Waals surface area (Å²) in [6.45, 7) is 0.0345. The maximum absolute atomic E-state index is 13.2. The third-order valence-corrected chi connectivity index (χ3v) is 4.00. The monoisotopic (exact) mass is 345 g/mol. The van der Waals surface area contributed by atoms with Crippen molar-refractivity contribution >= 4 is 28.3 Å². The van der Waals surface area contributed by atoms with Crippen molar-refractivity contribution in [2.75, 3.05) is 7.05 Å². The molecule has 0 atom stereocenters. The van der Waals surface area contributed by atoms with E-state index in [0.29, 0.717) is 16.3 Å². The van der Waals surface area contributed by atoms with Gasteiger partial charge in [0.15, 0.2) is 5.69 Å². The van der Waals surface area contributed by atoms with Crippen LogP contribution >= 0.6 is 11.6 Å². The molecule has 7 heteroatoms. The third-order valence-electron chi connectivity index (χ3n) is 3.65. The standard InChI is InChI=1S/C17H13ClFN3O2/c1-20-16(23)15-12-4-2-3-5-13(12)17(24)22(21-15)9-10-6-7-11(19)8-14(10)18/h2-8H,9H2,1H3,(H,20,23). The molecule has 0 radical (unpaired) electrons. The normalized spacial score (nSPS) is 10.8. The van der Waals surface area contributed by atoms with Crippen molar-refractivity contribution in [2.24, 2.45) is 0 Å². The summed E-state index contributed by atoms with van der Waals surface area (Å²) in [6.07, 6.45) is 0. The number of hydrogen-bond donors (Lipinski definition) is 1. The van der Waals surface area contributed by atoms with E-state index in [-0.39, 0.29) is 22.8 Å². The molecule has 3 aromatic rings. The Bertz CT molecular complexity index is 1000. The Kier molecular flexibility index (Phi) is 4.31. The van der Waals surface area contributed by atoms with Crippen molar-refractivity contribution in [1.29, 1.82) is 0 Å². The van der Waals surface area contributed by atoms with E-state index in [4.69, 9.17) is 11.6 Å². The van der Waals surface area contributed by atoms with E-state index >= 15 is 0 Å². The Morgan fingerprint density at radius 1 is 1.25 bits per heavy atom. The van der Waals surface area contributed by atoms with Crippen LogP contribution in [0.5, 0.6) is 0 Å². The van der Waals surface area contributed by atoms with Gasteiger partial charge in [-0.2, -0.15) is 5.10 Å². The molecular formula is C17H13ClFN3O2. The summed E-state index contributed by atoms with van der Waals surface area (Å²) >= 11 is 6.02. The highest BCUT2D eigenvalue weighted by Crippen LogP contribution is 2.19. The van der Waals surface area contributed by atoms with Crippen LogP contribution in [0.15, 0.2) is 47.3 Å². The number of hydrogen-bond acceptors (Lipinski definition) is 3. The van der Waals surface area contributed by atoms with Gasteiger partial charge < -0.3 is 5.32 Å². The maximum atomic E-state index is 13.2. The second-order valence-corrected chi connectivity index (χ2v) is 5.58. The highest BCUT2D eigenvalue weighted by molar-refractivity contribution is 6.31. The van der Waals surface area contributed by atoms with Crippen molar-refractivity contribution in [1.82, 2.24) is 15.1 Å². The van der Waals surface area contributed by atoms with Crippen LogP contribution in [-0.2, 0) is 6.54 Å². The number of fused-ring (bicyclic) bond motifs is 1. The fourth-order valence-electron chi connectivity index (χ4n) is 2.44. The maximum Gasteiger partial charge on any atom is 0.274 e. The number of benzene rings is 2. The van der Waals surface area contributed by atoms with Gasteiger partial charge in [0.25, 0.3) is 11.5 Å². The first kappa shape index (κ1) is 16.1. The van der Waals surface area contributed by atoms with E-state index in [2.05, 4.69) is 10.4 Å². The molecule has 0 aliphatic heterocycles. The Balaban J connectivity index is 2.19. The first-order valence-electron chi connectivity index (χ1n) is 7.17. The molecule has 0 aliphatic rings. The largest absolute Gasteiger partial charge is 0.354 e. The van der Waals surface area contributed by atoms with Gasteiger partial charge in [0.2, 0.25) is 0 Å². The number of aromatic nitrogens is 2. The van der Waals surface area contributed by atoms with Crippen LogP contribution in [0.4, 0.5) is 4.39 Å². The Morgan fingerprint density at radius 2 is 1.96 bits per heavy atom. The average molecular weight is 346 g/mol. The fourth-order valence-corrected chi connectivity index (χ4v) is 2.67. The molecule has 0 saturated heterocycles. The van der Waals surface area contributed by atoms with Gasteiger partial charge in [-0.05, 0) is 23.8 Å². The molecule has 0 spiro atoms. The van der Waals surface area contributed by atoms with Crippen molar-refractivity contribution in [2.45, 2.75) is 6.54 Å². The van der Waals surface area contributed by atoms with E-state index in [1.165, 1.54) is 25.2 Å². The zero-order chi connectivity index (χ0) is 17.3. The topological polar surface area (TPSA) is 64.0 Å². The molecule has 1 amide bonds. The van der Waals surface area contributed by atoms with E-state index in [1.807, 2.05) is 0 Å². The number of amides is 1. The van der Waals surface area contributed by atoms with E-state index in [0.717, 1.165) is 4.68 Å². The van der Waals surface area contributed by atoms with Gasteiger partial charge in [-0.3, -0.25) is 9.59 Å². The summed E-state index contributed by atoms with van der Waals surface area (Å²) in [4.78, 5) is 24.7. The van der Waals surface area contributed by atoms with Gasteiger partial charge in [0, 0.05) is 17.5 Å². The average Bonchev–Trinajstić information content (AvgIpc) is 2.59. The minimum absolute atomic E-state index is 0.0345. The second-order valence-electron chi connectivity index (χ2n) is 5.17. The fraction of sp³-hybridized carbons (Fsp3) is 0.118. The summed E-state index contributed by atoms with van der Waals surface area (Å²) < 4.78 is 14.3. The SMILES string of the molecule is CNC(=O)c1nn(Cc2ccc(F)cc2Cl)c(=O)c2ccccc12. The van der Waals surface area contributed by atoms with Gasteiger partial charge in [-0.25, -0.2) is 9.07 Å². The van der Waals surface area contributed by atoms with Crippen LogP contribution in [-0.4, -0.2) is 22.7 Å². The smallest absolute Gasteiger partial charge is 0.274 e. The van der Waals surface area contributed by atoms with Crippen molar-refractivity contribution in [3.63, 3.8) is 0 Å². The molecule has 1 aromatic heterocycles. The molecule has 0 bridgehead atoms. The predicted molar refractivity (Wildman–Crippen MR) is 89.9 cm³/mol. The number of carbonyl (C=O) groups is 1. The number of carbonyl (C=O) groups excluding carboxylic acids is 1. The lowest BCUT2D eigenvalue weighted by molar-refractivity contribution is 0.0957. The molecule has 0 fully saturated rings. The summed E-state index contributed by atoms with van der Waals surface area (Å²) in [7, 11) is 1.49. The van der Waals surface area contributed by atoms with Gasteiger partial charge >= 0.3 is 0 Å². The lowest BCUT2D eigenvalue weighted by Gasteiger charge is -2.11. The molecule has 1 N–H and O–H groups in total. The summed E-state index contributed by atoms with van der Waals surface area (Å²) in [5.74, 6) is -0.862. The van der Waals surface area contributed by atoms with Crippen molar-refractivity contribution in [3.8, 4) is 0 Å². The van der Waals surface area contributed by atoms with Crippen LogP contribution in [0.2, 0.25) is 5.02 Å². The molecular weight excluding hydrogens is 333 g/mol. The molecule has 2 aromatic carbocycles. The molecule has 0 aliphatic carbocycles. The van der Waals surface area contributed by atoms with Gasteiger partial charge in [-0.1, -0.05) is 35.9 Å². The first-order chi connectivity index (χ1) is 11.5. The Labute approximate surface area is 141 Å². The zero-order valence-corrected chi connectivity index (χ0v) is 13.5. The highest BCUT2D eigenvalue weighted by atomic mass is 35.5. The van der Waals surface area contributed by atoms with Gasteiger partial charge in [0.05, 0.1) is 11.9 Å². The Hall–Kier alpha value is -2.73. The summed E-state index contributed by atoms with van der Waals surface area (Å²) in [5.41, 5.74) is 0.329. The van der Waals surface area contributed by atoms with Crippen LogP contribution in [0.25, 0.3) is 10.8 Å². The quantitative estimate of drug-likeness (QED) is 0.793. The van der Waals surface area contributed by atoms with Crippen LogP contribution < -0.4 is 10.9 Å². The second kappa shape index (κ2) is 6.41. The van der Waals surface area contributed by atoms with Gasteiger partial charge in [-0.15, -0.1) is 0 Å². The third kappa shape index (κ3) is 2.88. The predicted octanol–water partition coefficient (Wildman–Crippen LogP) is 2.60. The van der Waals surface area contributed by atoms with Crippen LogP contribution in [0.1, 0.15) is 16.1 Å². The van der Waals surface area contributed by atoms with Crippen LogP contribution in [0, 0.1) is 5.82 Å². The zero-order valence-electron chi connectivity index (χ0n) is 12.7. The molecule has 1 heterocycles. The van der Waals surface area contributed by atoms with E-state index in [1.54, 1.807) is 24.3 Å². The number of nitrogens with one attached hydrogen (secondary N) is 1. The molecule has 5 nitrogen and oxygen atoms in total. The van der Waals surface area contributed by atoms with Crippen molar-refractivity contribution in [3.05, 3.63) is 74.9 Å². The minimum Gasteiger partial charge on any atom is -0.354 e.